The van der Waals surface area contributed by atoms with Gasteiger partial charge >= 0.3 is 0 Å². The minimum absolute atomic E-state index is 0. The van der Waals surface area contributed by atoms with E-state index in [0.29, 0.717) is 17.7 Å². The van der Waals surface area contributed by atoms with Gasteiger partial charge in [0, 0.05) is 21.4 Å². The van der Waals surface area contributed by atoms with Gasteiger partial charge in [0.25, 0.3) is 0 Å². The van der Waals surface area contributed by atoms with Crippen LogP contribution in [0.2, 0.25) is 0 Å². The fourth-order valence-electron chi connectivity index (χ4n) is 3.42. The van der Waals surface area contributed by atoms with Crippen molar-refractivity contribution in [2.75, 3.05) is 5.43 Å². The summed E-state index contributed by atoms with van der Waals surface area (Å²) < 4.78 is 3.51. The molecule has 1 saturated carbocycles. The van der Waals surface area contributed by atoms with Crippen LogP contribution in [0.25, 0.3) is 0 Å². The molecule has 1 aromatic carbocycles. The van der Waals surface area contributed by atoms with Crippen LogP contribution in [0.1, 0.15) is 53.6 Å². The largest absolute Gasteiger partial charge is 0.321 e. The molecule has 4 rings (SSSR count). The SMILES string of the molecule is CC.CC(=O)C1SNC(c2ccc3c(c2)NNC3)C1C1CC1.[HH].[HH]. The Morgan fingerprint density at radius 1 is 1.32 bits per heavy atom. The average molecular weight is 324 g/mol. The van der Waals surface area contributed by atoms with Crippen LogP contribution in [0.4, 0.5) is 5.69 Å². The van der Waals surface area contributed by atoms with Crippen molar-refractivity contribution in [3.05, 3.63) is 29.3 Å². The van der Waals surface area contributed by atoms with Crippen LogP contribution in [0.5, 0.6) is 0 Å². The highest BCUT2D eigenvalue weighted by Gasteiger charge is 2.48. The quantitative estimate of drug-likeness (QED) is 0.736. The van der Waals surface area contributed by atoms with Crippen molar-refractivity contribution in [2.45, 2.75) is 51.4 Å². The molecular weight excluding hydrogens is 294 g/mol. The van der Waals surface area contributed by atoms with Gasteiger partial charge in [0.05, 0.1) is 10.9 Å². The van der Waals surface area contributed by atoms with E-state index < -0.39 is 0 Å². The molecule has 2 fully saturated rings. The molecule has 2 aliphatic heterocycles. The standard InChI is InChI=1S/C15H19N3OS.C2H6.2H2/c1-8(19)15-13(9-2-3-9)14(18-20-15)10-4-5-11-7-16-17-12(11)6-10;1-2;;/h4-6,9,13-18H,2-3,7H2,1H3;1-2H3;2*1H. The first-order valence-electron chi connectivity index (χ1n) is 8.27. The van der Waals surface area contributed by atoms with E-state index in [1.165, 1.54) is 29.7 Å². The lowest BCUT2D eigenvalue weighted by Crippen LogP contribution is -2.26. The lowest BCUT2D eigenvalue weighted by atomic mass is 9.85. The van der Waals surface area contributed by atoms with Gasteiger partial charge in [0.1, 0.15) is 5.78 Å². The molecule has 0 spiro atoms. The lowest BCUT2D eigenvalue weighted by Gasteiger charge is -2.22. The van der Waals surface area contributed by atoms with E-state index in [0.717, 1.165) is 12.5 Å². The summed E-state index contributed by atoms with van der Waals surface area (Å²) in [7, 11) is 0. The third kappa shape index (κ3) is 2.90. The topological polar surface area (TPSA) is 53.2 Å². The maximum absolute atomic E-state index is 11.9. The van der Waals surface area contributed by atoms with Gasteiger partial charge in [-0.15, -0.1) is 0 Å². The second-order valence-electron chi connectivity index (χ2n) is 6.05. The maximum atomic E-state index is 11.9. The Labute approximate surface area is 139 Å². The predicted octanol–water partition coefficient (Wildman–Crippen LogP) is 3.91. The van der Waals surface area contributed by atoms with E-state index in [-0.39, 0.29) is 8.10 Å². The minimum Gasteiger partial charge on any atom is -0.321 e. The Kier molecular flexibility index (Phi) is 4.76. The predicted molar refractivity (Wildman–Crippen MR) is 96.6 cm³/mol. The summed E-state index contributed by atoms with van der Waals surface area (Å²) in [6, 6.07) is 6.93. The Morgan fingerprint density at radius 3 is 2.77 bits per heavy atom. The van der Waals surface area contributed by atoms with Crippen molar-refractivity contribution in [1.82, 2.24) is 10.1 Å². The summed E-state index contributed by atoms with van der Waals surface area (Å²) in [6.07, 6.45) is 2.55. The van der Waals surface area contributed by atoms with Gasteiger partial charge in [0.15, 0.2) is 0 Å². The van der Waals surface area contributed by atoms with Crippen molar-refractivity contribution in [3.63, 3.8) is 0 Å². The Morgan fingerprint density at radius 2 is 2.09 bits per heavy atom. The van der Waals surface area contributed by atoms with Crippen LogP contribution < -0.4 is 15.6 Å². The molecule has 0 amide bonds. The van der Waals surface area contributed by atoms with Crippen molar-refractivity contribution < 1.29 is 7.65 Å². The van der Waals surface area contributed by atoms with Crippen LogP contribution >= 0.6 is 11.9 Å². The van der Waals surface area contributed by atoms with E-state index in [9.17, 15) is 4.79 Å². The number of benzene rings is 1. The molecule has 1 aliphatic carbocycles. The zero-order chi connectivity index (χ0) is 15.7. The minimum atomic E-state index is 0. The molecule has 0 aromatic heterocycles. The maximum Gasteiger partial charge on any atom is 0.144 e. The lowest BCUT2D eigenvalue weighted by molar-refractivity contribution is -0.117. The molecule has 22 heavy (non-hydrogen) atoms. The Balaban J connectivity index is 0.000000695. The molecule has 124 valence electrons. The number of hydrazine groups is 1. The van der Waals surface area contributed by atoms with Crippen LogP contribution in [0.3, 0.4) is 0 Å². The molecule has 3 atom stereocenters. The summed E-state index contributed by atoms with van der Waals surface area (Å²) in [5, 5.41) is 0.117. The van der Waals surface area contributed by atoms with Gasteiger partial charge in [-0.05, 0) is 42.9 Å². The number of rotatable bonds is 3. The van der Waals surface area contributed by atoms with Gasteiger partial charge in [0.2, 0.25) is 0 Å². The van der Waals surface area contributed by atoms with Crippen LogP contribution in [0.15, 0.2) is 18.2 Å². The Hall–Kier alpha value is -1.04. The molecule has 0 radical (unpaired) electrons. The number of hydrogen-bond acceptors (Lipinski definition) is 5. The van der Waals surface area contributed by atoms with Crippen LogP contribution in [-0.4, -0.2) is 11.0 Å². The number of nitrogens with one attached hydrogen (secondary N) is 3. The van der Waals surface area contributed by atoms with Crippen LogP contribution in [-0.2, 0) is 11.3 Å². The number of Topliss-reactive ketones (excluding diaryl/α,β-unsaturated/α-hetero) is 1. The van der Waals surface area contributed by atoms with E-state index in [2.05, 4.69) is 33.8 Å². The van der Waals surface area contributed by atoms with E-state index >= 15 is 0 Å². The summed E-state index contributed by atoms with van der Waals surface area (Å²) in [5.41, 5.74) is 10.1. The summed E-state index contributed by atoms with van der Waals surface area (Å²) in [5.74, 6) is 1.48. The molecule has 0 bridgehead atoms. The molecule has 5 heteroatoms. The van der Waals surface area contributed by atoms with Gasteiger partial charge in [-0.2, -0.15) is 0 Å². The number of hydrogen-bond donors (Lipinski definition) is 3. The molecule has 3 aliphatic rings. The normalized spacial score (nSPS) is 29.3. The monoisotopic (exact) mass is 323 g/mol. The molecule has 4 nitrogen and oxygen atoms in total. The second kappa shape index (κ2) is 6.60. The fraction of sp³-hybridized carbons (Fsp3) is 0.588. The summed E-state index contributed by atoms with van der Waals surface area (Å²) in [6.45, 7) is 6.61. The van der Waals surface area contributed by atoms with Crippen molar-refractivity contribution >= 4 is 23.4 Å². The van der Waals surface area contributed by atoms with E-state index in [1.807, 2.05) is 13.8 Å². The number of carbonyl (C=O) groups excluding carboxylic acids is 1. The summed E-state index contributed by atoms with van der Waals surface area (Å²) in [4.78, 5) is 11.9. The molecular formula is C17H29N3OS. The van der Waals surface area contributed by atoms with Crippen molar-refractivity contribution in [3.8, 4) is 0 Å². The zero-order valence-corrected chi connectivity index (χ0v) is 14.3. The second-order valence-corrected chi connectivity index (χ2v) is 7.03. The van der Waals surface area contributed by atoms with Gasteiger partial charge < -0.3 is 5.43 Å². The molecule has 3 N–H and O–H groups in total. The van der Waals surface area contributed by atoms with Crippen molar-refractivity contribution in [1.29, 1.82) is 0 Å². The first-order valence-corrected chi connectivity index (χ1v) is 9.15. The molecule has 3 unspecified atom stereocenters. The highest BCUT2D eigenvalue weighted by molar-refractivity contribution is 7.99. The fourth-order valence-corrected chi connectivity index (χ4v) is 4.70. The zero-order valence-electron chi connectivity index (χ0n) is 13.5. The smallest absolute Gasteiger partial charge is 0.144 e. The first kappa shape index (κ1) is 15.8. The third-order valence-corrected chi connectivity index (χ3v) is 5.91. The van der Waals surface area contributed by atoms with Crippen LogP contribution in [0, 0.1) is 11.8 Å². The van der Waals surface area contributed by atoms with E-state index in [4.69, 9.17) is 0 Å². The van der Waals surface area contributed by atoms with Gasteiger partial charge in [-0.1, -0.05) is 37.9 Å². The molecule has 1 aromatic rings. The molecule has 2 heterocycles. The average Bonchev–Trinajstić information content (AvgIpc) is 3.11. The van der Waals surface area contributed by atoms with Gasteiger partial charge in [-0.25, -0.2) is 5.43 Å². The number of anilines is 1. The summed E-state index contributed by atoms with van der Waals surface area (Å²) >= 11 is 1.63. The van der Waals surface area contributed by atoms with Gasteiger partial charge in [-0.3, -0.25) is 9.52 Å². The Bertz CT molecular complexity index is 569. The number of fused-ring (bicyclic) bond motifs is 1. The highest BCUT2D eigenvalue weighted by Crippen LogP contribution is 2.52. The first-order chi connectivity index (χ1) is 10.7. The van der Waals surface area contributed by atoms with E-state index in [1.54, 1.807) is 18.9 Å². The number of ketones is 1. The highest BCUT2D eigenvalue weighted by atomic mass is 32.2. The molecule has 1 saturated heterocycles. The number of carbonyl (C=O) groups is 1. The third-order valence-electron chi connectivity index (χ3n) is 4.62. The van der Waals surface area contributed by atoms with Crippen molar-refractivity contribution in [2.24, 2.45) is 11.8 Å².